The molecule has 0 aromatic heterocycles. The van der Waals surface area contributed by atoms with Crippen LogP contribution >= 0.6 is 11.6 Å². The van der Waals surface area contributed by atoms with Crippen LogP contribution in [0.2, 0.25) is 5.02 Å². The molecular formula is C22H26ClFN4O3. The van der Waals surface area contributed by atoms with Gasteiger partial charge in [0.05, 0.1) is 12.7 Å². The van der Waals surface area contributed by atoms with Crippen molar-refractivity contribution in [3.8, 4) is 5.75 Å². The minimum Gasteiger partial charge on any atom is -0.496 e. The summed E-state index contributed by atoms with van der Waals surface area (Å²) < 4.78 is 17.6. The van der Waals surface area contributed by atoms with Crippen molar-refractivity contribution in [2.24, 2.45) is 0 Å². The summed E-state index contributed by atoms with van der Waals surface area (Å²) >= 11 is 5.88. The van der Waals surface area contributed by atoms with Gasteiger partial charge in [0, 0.05) is 18.1 Å². The van der Waals surface area contributed by atoms with Gasteiger partial charge in [-0.15, -0.1) is 0 Å². The zero-order valence-electron chi connectivity index (χ0n) is 17.2. The lowest BCUT2D eigenvalue weighted by atomic mass is 10.1. The Hall–Kier alpha value is -3.13. The highest BCUT2D eigenvalue weighted by atomic mass is 35.5. The molecule has 0 radical (unpaired) electrons. The third-order valence-corrected chi connectivity index (χ3v) is 4.75. The summed E-state index contributed by atoms with van der Waals surface area (Å²) in [6.07, 6.45) is 0.757. The molecule has 0 aliphatic heterocycles. The van der Waals surface area contributed by atoms with Crippen molar-refractivity contribution in [2.45, 2.75) is 25.4 Å². The van der Waals surface area contributed by atoms with Crippen LogP contribution in [0.3, 0.4) is 0 Å². The van der Waals surface area contributed by atoms with Crippen LogP contribution in [0.1, 0.15) is 28.8 Å². The van der Waals surface area contributed by atoms with Crippen LogP contribution in [0, 0.1) is 5.41 Å². The van der Waals surface area contributed by atoms with E-state index in [1.54, 1.807) is 48.5 Å². The minimum absolute atomic E-state index is 0.221. The highest BCUT2D eigenvalue weighted by Gasteiger charge is 2.22. The molecule has 2 aromatic rings. The van der Waals surface area contributed by atoms with Gasteiger partial charge in [-0.05, 0) is 42.7 Å². The highest BCUT2D eigenvalue weighted by molar-refractivity contribution is 6.30. The lowest BCUT2D eigenvalue weighted by Gasteiger charge is -2.19. The number of halogens is 2. The summed E-state index contributed by atoms with van der Waals surface area (Å²) in [5.74, 6) is -0.604. The fourth-order valence-electron chi connectivity index (χ4n) is 2.84. The Labute approximate surface area is 185 Å². The predicted molar refractivity (Wildman–Crippen MR) is 118 cm³/mol. The summed E-state index contributed by atoms with van der Waals surface area (Å²) in [6, 6.07) is 13.0. The zero-order chi connectivity index (χ0) is 22.6. The van der Waals surface area contributed by atoms with Gasteiger partial charge in [0.15, 0.2) is 0 Å². The van der Waals surface area contributed by atoms with Gasteiger partial charge in [0.1, 0.15) is 24.3 Å². The summed E-state index contributed by atoms with van der Waals surface area (Å²) in [7, 11) is 1.47. The van der Waals surface area contributed by atoms with E-state index in [4.69, 9.17) is 21.7 Å². The van der Waals surface area contributed by atoms with E-state index in [1.807, 2.05) is 0 Å². The molecule has 0 fully saturated rings. The van der Waals surface area contributed by atoms with Gasteiger partial charge < -0.3 is 20.7 Å². The average molecular weight is 449 g/mol. The standard InChI is InChI=1S/C22H26ClFN4O3/c1-31-19-7-3-2-5-17(19)21(29)28-18(6-4-12-26-20(25)13-24)22(30)27-14-15-8-10-16(23)11-9-15/h2-3,5,7-11,18H,4,6,12-14H2,1H3,(H2,25,26)(H,27,30)(H,28,29)/t18-/m0/s1. The first kappa shape index (κ1) is 24.1. The van der Waals surface area contributed by atoms with Gasteiger partial charge in [0.25, 0.3) is 5.91 Å². The van der Waals surface area contributed by atoms with Crippen LogP contribution in [0.5, 0.6) is 5.75 Å². The number of alkyl halides is 1. The van der Waals surface area contributed by atoms with Crippen molar-refractivity contribution in [1.29, 1.82) is 5.41 Å². The molecule has 0 spiro atoms. The number of para-hydroxylation sites is 1. The number of ether oxygens (including phenoxy) is 1. The van der Waals surface area contributed by atoms with E-state index in [9.17, 15) is 14.0 Å². The van der Waals surface area contributed by atoms with Crippen LogP contribution in [0.25, 0.3) is 0 Å². The molecule has 31 heavy (non-hydrogen) atoms. The predicted octanol–water partition coefficient (Wildman–Crippen LogP) is 3.08. The summed E-state index contributed by atoms with van der Waals surface area (Å²) in [4.78, 5) is 25.5. The Kier molecular flexibility index (Phi) is 9.77. The molecule has 0 heterocycles. The monoisotopic (exact) mass is 448 g/mol. The quantitative estimate of drug-likeness (QED) is 0.241. The largest absolute Gasteiger partial charge is 0.496 e. The van der Waals surface area contributed by atoms with E-state index in [1.165, 1.54) is 7.11 Å². The lowest BCUT2D eigenvalue weighted by Crippen LogP contribution is -2.47. The first-order valence-electron chi connectivity index (χ1n) is 9.78. The topological polar surface area (TPSA) is 103 Å². The van der Waals surface area contributed by atoms with Gasteiger partial charge in [0.2, 0.25) is 5.91 Å². The Morgan fingerprint density at radius 3 is 2.52 bits per heavy atom. The van der Waals surface area contributed by atoms with E-state index in [0.717, 1.165) is 5.56 Å². The van der Waals surface area contributed by atoms with Crippen molar-refractivity contribution in [1.82, 2.24) is 16.0 Å². The SMILES string of the molecule is COc1ccccc1C(=O)N[C@@H](CCCNC(=N)CF)C(=O)NCc1ccc(Cl)cc1. The molecule has 0 aliphatic rings. The fraction of sp³-hybridized carbons (Fsp3) is 0.318. The van der Waals surface area contributed by atoms with Crippen molar-refractivity contribution in [3.63, 3.8) is 0 Å². The molecule has 7 nitrogen and oxygen atoms in total. The summed E-state index contributed by atoms with van der Waals surface area (Å²) in [5, 5.41) is 16.1. The van der Waals surface area contributed by atoms with Gasteiger partial charge >= 0.3 is 0 Å². The smallest absolute Gasteiger partial charge is 0.255 e. The van der Waals surface area contributed by atoms with E-state index in [2.05, 4.69) is 16.0 Å². The average Bonchev–Trinajstić information content (AvgIpc) is 2.79. The lowest BCUT2D eigenvalue weighted by molar-refractivity contribution is -0.123. The number of hydrogen-bond acceptors (Lipinski definition) is 4. The number of benzene rings is 2. The number of carbonyl (C=O) groups excluding carboxylic acids is 2. The second-order valence-electron chi connectivity index (χ2n) is 6.75. The number of amidine groups is 1. The first-order valence-corrected chi connectivity index (χ1v) is 10.2. The van der Waals surface area contributed by atoms with Gasteiger partial charge in [-0.3, -0.25) is 15.0 Å². The maximum atomic E-state index is 12.8. The molecule has 0 saturated carbocycles. The Balaban J connectivity index is 2.03. The van der Waals surface area contributed by atoms with Crippen LogP contribution in [0.15, 0.2) is 48.5 Å². The molecule has 2 amide bonds. The Morgan fingerprint density at radius 1 is 1.13 bits per heavy atom. The number of carbonyl (C=O) groups is 2. The van der Waals surface area contributed by atoms with E-state index in [-0.39, 0.29) is 18.3 Å². The van der Waals surface area contributed by atoms with Crippen LogP contribution in [-0.2, 0) is 11.3 Å². The maximum Gasteiger partial charge on any atom is 0.255 e. The maximum absolute atomic E-state index is 12.8. The molecule has 2 rings (SSSR count). The van der Waals surface area contributed by atoms with Crippen molar-refractivity contribution < 1.29 is 18.7 Å². The fourth-order valence-corrected chi connectivity index (χ4v) is 2.97. The minimum atomic E-state index is -0.879. The molecule has 9 heteroatoms. The molecule has 166 valence electrons. The zero-order valence-corrected chi connectivity index (χ0v) is 18.0. The highest BCUT2D eigenvalue weighted by Crippen LogP contribution is 2.17. The van der Waals surface area contributed by atoms with Crippen LogP contribution < -0.4 is 20.7 Å². The van der Waals surface area contributed by atoms with Gasteiger partial charge in [-0.2, -0.15) is 0 Å². The summed E-state index contributed by atoms with van der Waals surface area (Å²) in [6.45, 7) is -0.286. The second-order valence-corrected chi connectivity index (χ2v) is 7.19. The number of amides is 2. The normalized spacial score (nSPS) is 11.3. The van der Waals surface area contributed by atoms with Crippen molar-refractivity contribution in [3.05, 3.63) is 64.7 Å². The Morgan fingerprint density at radius 2 is 1.84 bits per heavy atom. The molecule has 2 aromatic carbocycles. The van der Waals surface area contributed by atoms with Crippen molar-refractivity contribution >= 4 is 29.3 Å². The number of rotatable bonds is 11. The van der Waals surface area contributed by atoms with Crippen molar-refractivity contribution in [2.75, 3.05) is 20.3 Å². The third kappa shape index (κ3) is 7.90. The number of methoxy groups -OCH3 is 1. The Bertz CT molecular complexity index is 893. The van der Waals surface area contributed by atoms with E-state index in [0.29, 0.717) is 35.7 Å². The molecule has 0 bridgehead atoms. The van der Waals surface area contributed by atoms with E-state index >= 15 is 0 Å². The number of nitrogens with one attached hydrogen (secondary N) is 4. The molecule has 1 atom stereocenters. The van der Waals surface area contributed by atoms with Gasteiger partial charge in [-0.25, -0.2) is 4.39 Å². The van der Waals surface area contributed by atoms with Crippen LogP contribution in [0.4, 0.5) is 4.39 Å². The molecule has 0 saturated heterocycles. The molecule has 4 N–H and O–H groups in total. The molecule has 0 unspecified atom stereocenters. The van der Waals surface area contributed by atoms with Gasteiger partial charge in [-0.1, -0.05) is 35.9 Å². The first-order chi connectivity index (χ1) is 14.9. The molecule has 0 aliphatic carbocycles. The number of hydrogen-bond donors (Lipinski definition) is 4. The summed E-state index contributed by atoms with van der Waals surface area (Å²) in [5.41, 5.74) is 1.18. The van der Waals surface area contributed by atoms with Crippen LogP contribution in [-0.4, -0.2) is 44.0 Å². The molecular weight excluding hydrogens is 423 g/mol. The second kappa shape index (κ2) is 12.5. The third-order valence-electron chi connectivity index (χ3n) is 4.50. The van der Waals surface area contributed by atoms with E-state index < -0.39 is 18.6 Å².